The van der Waals surface area contributed by atoms with Gasteiger partial charge in [-0.2, -0.15) is 0 Å². The fourth-order valence-corrected chi connectivity index (χ4v) is 4.42. The number of hydrogen-bond donors (Lipinski definition) is 1. The SMILES string of the molecule is CCOC1CC(Nc2cc(Cl)c(F)c(Cl)c2)C12CCCC2. The van der Waals surface area contributed by atoms with E-state index in [9.17, 15) is 4.39 Å². The highest BCUT2D eigenvalue weighted by Crippen LogP contribution is 2.55. The summed E-state index contributed by atoms with van der Waals surface area (Å²) in [6, 6.07) is 3.58. The molecule has 1 aromatic carbocycles. The molecule has 2 saturated carbocycles. The van der Waals surface area contributed by atoms with E-state index in [1.54, 1.807) is 12.1 Å². The Morgan fingerprint density at radius 2 is 1.90 bits per heavy atom. The van der Waals surface area contributed by atoms with Crippen molar-refractivity contribution >= 4 is 28.9 Å². The van der Waals surface area contributed by atoms with E-state index < -0.39 is 5.82 Å². The predicted octanol–water partition coefficient (Wildman–Crippen LogP) is 5.28. The molecule has 0 bridgehead atoms. The van der Waals surface area contributed by atoms with Crippen LogP contribution in [-0.2, 0) is 4.74 Å². The average Bonchev–Trinajstić information content (AvgIpc) is 2.96. The Morgan fingerprint density at radius 1 is 1.29 bits per heavy atom. The van der Waals surface area contributed by atoms with Crippen LogP contribution in [0.3, 0.4) is 0 Å². The van der Waals surface area contributed by atoms with E-state index in [-0.39, 0.29) is 15.5 Å². The summed E-state index contributed by atoms with van der Waals surface area (Å²) in [5.74, 6) is -0.555. The summed E-state index contributed by atoms with van der Waals surface area (Å²) in [7, 11) is 0. The molecule has 2 fully saturated rings. The second kappa shape index (κ2) is 5.94. The summed E-state index contributed by atoms with van der Waals surface area (Å²) in [5.41, 5.74) is 1.02. The normalized spacial score (nSPS) is 26.9. The van der Waals surface area contributed by atoms with Crippen LogP contribution in [0.2, 0.25) is 10.0 Å². The molecule has 5 heteroatoms. The standard InChI is InChI=1S/C16H20Cl2FNO/c1-2-21-14-9-13(16(14)5-3-4-6-16)20-10-7-11(17)15(19)12(18)8-10/h7-8,13-14,20H,2-6,9H2,1H3. The van der Waals surface area contributed by atoms with Crippen LogP contribution in [0.1, 0.15) is 39.0 Å². The van der Waals surface area contributed by atoms with Crippen molar-refractivity contribution in [2.45, 2.75) is 51.2 Å². The van der Waals surface area contributed by atoms with E-state index in [0.717, 1.165) is 18.7 Å². The Labute approximate surface area is 135 Å². The van der Waals surface area contributed by atoms with Crippen molar-refractivity contribution in [3.8, 4) is 0 Å². The number of benzene rings is 1. The Morgan fingerprint density at radius 3 is 2.48 bits per heavy atom. The van der Waals surface area contributed by atoms with Crippen molar-refractivity contribution in [1.82, 2.24) is 0 Å². The van der Waals surface area contributed by atoms with Crippen molar-refractivity contribution in [3.05, 3.63) is 28.0 Å². The van der Waals surface area contributed by atoms with Crippen molar-refractivity contribution in [1.29, 1.82) is 0 Å². The van der Waals surface area contributed by atoms with Gasteiger partial charge in [-0.1, -0.05) is 36.0 Å². The summed E-state index contributed by atoms with van der Waals surface area (Å²) in [6.45, 7) is 2.80. The van der Waals surface area contributed by atoms with Gasteiger partial charge in [0, 0.05) is 23.8 Å². The van der Waals surface area contributed by atoms with Crippen LogP contribution >= 0.6 is 23.2 Å². The van der Waals surface area contributed by atoms with Gasteiger partial charge < -0.3 is 10.1 Å². The lowest BCUT2D eigenvalue weighted by Gasteiger charge is -2.54. The second-order valence-electron chi connectivity index (χ2n) is 6.07. The number of hydrogen-bond acceptors (Lipinski definition) is 2. The number of anilines is 1. The fraction of sp³-hybridized carbons (Fsp3) is 0.625. The second-order valence-corrected chi connectivity index (χ2v) is 6.89. The highest BCUT2D eigenvalue weighted by atomic mass is 35.5. The zero-order valence-corrected chi connectivity index (χ0v) is 13.6. The van der Waals surface area contributed by atoms with Crippen molar-refractivity contribution in [3.63, 3.8) is 0 Å². The first kappa shape index (κ1) is 15.4. The van der Waals surface area contributed by atoms with E-state index in [0.29, 0.717) is 12.1 Å². The van der Waals surface area contributed by atoms with Crippen LogP contribution < -0.4 is 5.32 Å². The average molecular weight is 332 g/mol. The molecule has 1 spiro atoms. The molecule has 2 atom stereocenters. The maximum Gasteiger partial charge on any atom is 0.160 e. The first-order valence-electron chi connectivity index (χ1n) is 7.59. The van der Waals surface area contributed by atoms with Gasteiger partial charge in [0.2, 0.25) is 0 Å². The Hall–Kier alpha value is -0.510. The van der Waals surface area contributed by atoms with Crippen molar-refractivity contribution in [2.24, 2.45) is 5.41 Å². The maximum atomic E-state index is 13.5. The number of halogens is 3. The molecule has 1 N–H and O–H groups in total. The quantitative estimate of drug-likeness (QED) is 0.757. The molecular formula is C16H20Cl2FNO. The van der Waals surface area contributed by atoms with Gasteiger partial charge >= 0.3 is 0 Å². The van der Waals surface area contributed by atoms with Gasteiger partial charge in [-0.3, -0.25) is 0 Å². The van der Waals surface area contributed by atoms with Gasteiger partial charge in [0.05, 0.1) is 16.1 Å². The molecule has 21 heavy (non-hydrogen) atoms. The molecule has 2 unspecified atom stereocenters. The zero-order valence-electron chi connectivity index (χ0n) is 12.1. The van der Waals surface area contributed by atoms with Crippen LogP contribution in [0, 0.1) is 11.2 Å². The third-order valence-corrected chi connectivity index (χ3v) is 5.56. The van der Waals surface area contributed by atoms with Gasteiger partial charge in [-0.15, -0.1) is 0 Å². The van der Waals surface area contributed by atoms with E-state index in [1.807, 2.05) is 6.92 Å². The molecule has 2 aliphatic carbocycles. The lowest BCUT2D eigenvalue weighted by Crippen LogP contribution is -2.60. The molecule has 0 saturated heterocycles. The molecule has 0 heterocycles. The molecular weight excluding hydrogens is 312 g/mol. The van der Waals surface area contributed by atoms with Crippen molar-refractivity contribution in [2.75, 3.05) is 11.9 Å². The summed E-state index contributed by atoms with van der Waals surface area (Å²) in [6.07, 6.45) is 6.23. The zero-order chi connectivity index (χ0) is 15.0. The molecule has 2 nitrogen and oxygen atoms in total. The molecule has 3 rings (SSSR count). The smallest absolute Gasteiger partial charge is 0.160 e. The van der Waals surface area contributed by atoms with E-state index in [2.05, 4.69) is 5.32 Å². The Kier molecular flexibility index (Phi) is 4.35. The summed E-state index contributed by atoms with van der Waals surface area (Å²) < 4.78 is 19.4. The monoisotopic (exact) mass is 331 g/mol. The third kappa shape index (κ3) is 2.64. The predicted molar refractivity (Wildman–Crippen MR) is 84.8 cm³/mol. The van der Waals surface area contributed by atoms with Crippen molar-refractivity contribution < 1.29 is 9.13 Å². The molecule has 0 amide bonds. The van der Waals surface area contributed by atoms with Gasteiger partial charge in [0.1, 0.15) is 0 Å². The van der Waals surface area contributed by atoms with Crippen LogP contribution in [-0.4, -0.2) is 18.8 Å². The highest BCUT2D eigenvalue weighted by Gasteiger charge is 2.56. The van der Waals surface area contributed by atoms with Crippen LogP contribution in [0.4, 0.5) is 10.1 Å². The van der Waals surface area contributed by atoms with Crippen LogP contribution in [0.5, 0.6) is 0 Å². The summed E-state index contributed by atoms with van der Waals surface area (Å²) in [5, 5.41) is 3.62. The molecule has 1 aromatic rings. The van der Waals surface area contributed by atoms with Gasteiger partial charge in [-0.05, 0) is 38.3 Å². The number of nitrogens with one attached hydrogen (secondary N) is 1. The van der Waals surface area contributed by atoms with E-state index in [1.165, 1.54) is 25.7 Å². The molecule has 116 valence electrons. The summed E-state index contributed by atoms with van der Waals surface area (Å²) in [4.78, 5) is 0. The minimum absolute atomic E-state index is 0.0613. The van der Waals surface area contributed by atoms with Crippen LogP contribution in [0.15, 0.2) is 12.1 Å². The van der Waals surface area contributed by atoms with Gasteiger partial charge in [-0.25, -0.2) is 4.39 Å². The first-order valence-corrected chi connectivity index (χ1v) is 8.35. The van der Waals surface area contributed by atoms with E-state index >= 15 is 0 Å². The van der Waals surface area contributed by atoms with Crippen LogP contribution in [0.25, 0.3) is 0 Å². The molecule has 2 aliphatic rings. The van der Waals surface area contributed by atoms with Gasteiger partial charge in [0.25, 0.3) is 0 Å². The summed E-state index contributed by atoms with van der Waals surface area (Å²) >= 11 is 11.7. The number of ether oxygens (including phenoxy) is 1. The first-order chi connectivity index (χ1) is 10.1. The number of rotatable bonds is 4. The maximum absolute atomic E-state index is 13.5. The molecule has 0 radical (unpaired) electrons. The molecule has 0 aromatic heterocycles. The fourth-order valence-electron chi connectivity index (χ4n) is 3.93. The van der Waals surface area contributed by atoms with E-state index in [4.69, 9.17) is 27.9 Å². The highest BCUT2D eigenvalue weighted by molar-refractivity contribution is 6.35. The minimum Gasteiger partial charge on any atom is -0.381 e. The molecule has 0 aliphatic heterocycles. The lowest BCUT2D eigenvalue weighted by molar-refractivity contribution is -0.114. The Balaban J connectivity index is 1.76. The minimum atomic E-state index is -0.555. The van der Waals surface area contributed by atoms with Gasteiger partial charge in [0.15, 0.2) is 5.82 Å². The topological polar surface area (TPSA) is 21.3 Å². The third-order valence-electron chi connectivity index (χ3n) is 5.01. The largest absolute Gasteiger partial charge is 0.381 e. The Bertz CT molecular complexity index is 508. The lowest BCUT2D eigenvalue weighted by atomic mass is 9.60.